The summed E-state index contributed by atoms with van der Waals surface area (Å²) in [6.07, 6.45) is -7.87. The summed E-state index contributed by atoms with van der Waals surface area (Å²) < 4.78 is 84.5. The molecule has 12 heteroatoms. The summed E-state index contributed by atoms with van der Waals surface area (Å²) in [6, 6.07) is 0.809. The Kier molecular flexibility index (Phi) is 8.55. The van der Waals surface area contributed by atoms with Gasteiger partial charge in [-0.15, -0.1) is 0 Å². The van der Waals surface area contributed by atoms with Gasteiger partial charge in [0.05, 0.1) is 29.2 Å². The summed E-state index contributed by atoms with van der Waals surface area (Å²) in [7, 11) is 0. The van der Waals surface area contributed by atoms with E-state index in [1.165, 1.54) is 0 Å². The molecule has 200 valence electrons. The van der Waals surface area contributed by atoms with Gasteiger partial charge in [-0.25, -0.2) is 0 Å². The van der Waals surface area contributed by atoms with Crippen LogP contribution in [0, 0.1) is 11.8 Å². The first-order valence-electron chi connectivity index (χ1n) is 11.9. The molecule has 0 aliphatic carbocycles. The molecule has 1 aromatic rings. The van der Waals surface area contributed by atoms with Gasteiger partial charge in [0.25, 0.3) is 5.91 Å². The van der Waals surface area contributed by atoms with Crippen LogP contribution in [0.25, 0.3) is 0 Å². The zero-order valence-corrected chi connectivity index (χ0v) is 19.8. The van der Waals surface area contributed by atoms with E-state index in [-0.39, 0.29) is 55.9 Å². The molecule has 0 atom stereocenters. The van der Waals surface area contributed by atoms with Gasteiger partial charge in [0, 0.05) is 32.1 Å². The average Bonchev–Trinajstić information content (AvgIpc) is 2.85. The number of ether oxygens (including phenoxy) is 1. The summed E-state index contributed by atoms with van der Waals surface area (Å²) in [6.45, 7) is 2.89. The maximum absolute atomic E-state index is 13.4. The number of esters is 1. The monoisotopic (exact) mass is 522 g/mol. The minimum atomic E-state index is -5.00. The van der Waals surface area contributed by atoms with Crippen molar-refractivity contribution in [2.45, 2.75) is 51.4 Å². The zero-order valence-electron chi connectivity index (χ0n) is 19.8. The van der Waals surface area contributed by atoms with E-state index >= 15 is 0 Å². The molecule has 36 heavy (non-hydrogen) atoms. The van der Waals surface area contributed by atoms with Crippen LogP contribution in [0.4, 0.5) is 26.3 Å². The lowest BCUT2D eigenvalue weighted by Crippen LogP contribution is -2.47. The number of alkyl halides is 6. The van der Waals surface area contributed by atoms with Crippen molar-refractivity contribution in [1.82, 2.24) is 9.80 Å². The van der Waals surface area contributed by atoms with E-state index in [0.29, 0.717) is 38.6 Å². The summed E-state index contributed by atoms with van der Waals surface area (Å²) in [5, 5.41) is 0. The van der Waals surface area contributed by atoms with Gasteiger partial charge < -0.3 is 14.5 Å². The number of hydrogen-bond acceptors (Lipinski definition) is 4. The van der Waals surface area contributed by atoms with Gasteiger partial charge in [0.15, 0.2) is 0 Å². The van der Waals surface area contributed by atoms with Crippen LogP contribution in [0.1, 0.15) is 60.5 Å². The van der Waals surface area contributed by atoms with Crippen LogP contribution in [0.5, 0.6) is 0 Å². The van der Waals surface area contributed by atoms with E-state index in [1.807, 2.05) is 6.92 Å². The second-order valence-corrected chi connectivity index (χ2v) is 9.09. The SMILES string of the molecule is CCCOC(=O)C1CCN(C(=O)C2CCN(C(=O)c3cc(C(F)(F)F)ccc3C(F)(F)F)CC2)CC1. The summed E-state index contributed by atoms with van der Waals surface area (Å²) in [5.74, 6) is -2.30. The fraction of sp³-hybridized carbons (Fsp3) is 0.625. The summed E-state index contributed by atoms with van der Waals surface area (Å²) in [5.41, 5.74) is -3.83. The highest BCUT2D eigenvalue weighted by Crippen LogP contribution is 2.37. The quantitative estimate of drug-likeness (QED) is 0.413. The van der Waals surface area contributed by atoms with Crippen molar-refractivity contribution >= 4 is 17.8 Å². The molecule has 0 radical (unpaired) electrons. The molecular weight excluding hydrogens is 494 g/mol. The third-order valence-electron chi connectivity index (χ3n) is 6.60. The summed E-state index contributed by atoms with van der Waals surface area (Å²) in [4.78, 5) is 40.5. The number of carbonyl (C=O) groups excluding carboxylic acids is 3. The highest BCUT2D eigenvalue weighted by Gasteiger charge is 2.40. The van der Waals surface area contributed by atoms with Crippen LogP contribution in [0.3, 0.4) is 0 Å². The topological polar surface area (TPSA) is 66.9 Å². The van der Waals surface area contributed by atoms with Gasteiger partial charge in [-0.1, -0.05) is 6.92 Å². The first-order valence-corrected chi connectivity index (χ1v) is 11.9. The first kappa shape index (κ1) is 27.8. The number of piperidine rings is 2. The van der Waals surface area contributed by atoms with Crippen molar-refractivity contribution in [3.8, 4) is 0 Å². The lowest BCUT2D eigenvalue weighted by molar-refractivity contribution is -0.152. The molecule has 0 unspecified atom stereocenters. The van der Waals surface area contributed by atoms with Crippen LogP contribution in [-0.4, -0.2) is 60.4 Å². The van der Waals surface area contributed by atoms with Gasteiger partial charge in [-0.2, -0.15) is 26.3 Å². The van der Waals surface area contributed by atoms with Crippen LogP contribution >= 0.6 is 0 Å². The van der Waals surface area contributed by atoms with E-state index in [4.69, 9.17) is 4.74 Å². The normalized spacial score (nSPS) is 18.3. The van der Waals surface area contributed by atoms with Crippen molar-refractivity contribution in [2.75, 3.05) is 32.8 Å². The van der Waals surface area contributed by atoms with Crippen molar-refractivity contribution in [1.29, 1.82) is 0 Å². The Morgan fingerprint density at radius 3 is 1.94 bits per heavy atom. The lowest BCUT2D eigenvalue weighted by atomic mass is 9.91. The molecule has 3 rings (SSSR count). The largest absolute Gasteiger partial charge is 0.465 e. The number of benzene rings is 1. The van der Waals surface area contributed by atoms with Crippen LogP contribution in [0.2, 0.25) is 0 Å². The van der Waals surface area contributed by atoms with Crippen LogP contribution < -0.4 is 0 Å². The van der Waals surface area contributed by atoms with Crippen LogP contribution in [0.15, 0.2) is 18.2 Å². The number of likely N-dealkylation sites (tertiary alicyclic amines) is 2. The Morgan fingerprint density at radius 1 is 0.861 bits per heavy atom. The smallest absolute Gasteiger partial charge is 0.417 e. The minimum absolute atomic E-state index is 0.0530. The number of carbonyl (C=O) groups is 3. The molecule has 0 bridgehead atoms. The molecule has 2 aliphatic rings. The molecule has 0 saturated carbocycles. The fourth-order valence-corrected chi connectivity index (χ4v) is 4.56. The molecule has 6 nitrogen and oxygen atoms in total. The van der Waals surface area contributed by atoms with Gasteiger partial charge in [-0.05, 0) is 50.3 Å². The molecule has 2 aliphatic heterocycles. The maximum atomic E-state index is 13.4. The number of amides is 2. The van der Waals surface area contributed by atoms with E-state index in [1.54, 1.807) is 4.90 Å². The molecule has 0 aromatic heterocycles. The molecule has 0 spiro atoms. The molecule has 2 fully saturated rings. The van der Waals surface area contributed by atoms with Gasteiger partial charge in [0.2, 0.25) is 5.91 Å². The fourth-order valence-electron chi connectivity index (χ4n) is 4.56. The predicted molar refractivity (Wildman–Crippen MR) is 116 cm³/mol. The van der Waals surface area contributed by atoms with E-state index in [2.05, 4.69) is 0 Å². The zero-order chi connectivity index (χ0) is 26.7. The second-order valence-electron chi connectivity index (χ2n) is 9.09. The molecular formula is C24H28F6N2O4. The number of halogens is 6. The lowest BCUT2D eigenvalue weighted by Gasteiger charge is -2.37. The van der Waals surface area contributed by atoms with Crippen molar-refractivity contribution in [2.24, 2.45) is 11.8 Å². The standard InChI is InChI=1S/C24H28F6N2O4/c1-2-13-36-22(35)16-7-11-31(12-8-16)20(33)15-5-9-32(10-6-15)21(34)18-14-17(23(25,26)27)3-4-19(18)24(28,29)30/h3-4,14-16H,2,5-13H2,1H3. The van der Waals surface area contributed by atoms with E-state index < -0.39 is 40.9 Å². The molecule has 2 heterocycles. The third-order valence-corrected chi connectivity index (χ3v) is 6.60. The predicted octanol–water partition coefficient (Wildman–Crippen LogP) is 4.77. The van der Waals surface area contributed by atoms with Crippen molar-refractivity contribution in [3.63, 3.8) is 0 Å². The highest BCUT2D eigenvalue weighted by atomic mass is 19.4. The minimum Gasteiger partial charge on any atom is -0.465 e. The second kappa shape index (κ2) is 11.1. The van der Waals surface area contributed by atoms with Gasteiger partial charge in [0.1, 0.15) is 0 Å². The van der Waals surface area contributed by atoms with E-state index in [9.17, 15) is 40.7 Å². The number of rotatable bonds is 5. The molecule has 1 aromatic carbocycles. The first-order chi connectivity index (χ1) is 16.8. The average molecular weight is 522 g/mol. The Hall–Kier alpha value is -2.79. The molecule has 2 amide bonds. The third kappa shape index (κ3) is 6.50. The maximum Gasteiger partial charge on any atom is 0.417 e. The van der Waals surface area contributed by atoms with Crippen LogP contribution in [-0.2, 0) is 26.7 Å². The highest BCUT2D eigenvalue weighted by molar-refractivity contribution is 5.96. The molecule has 0 N–H and O–H groups in total. The Bertz CT molecular complexity index is 962. The van der Waals surface area contributed by atoms with E-state index in [0.717, 1.165) is 11.3 Å². The van der Waals surface area contributed by atoms with Gasteiger partial charge >= 0.3 is 18.3 Å². The Labute approximate surface area is 204 Å². The van der Waals surface area contributed by atoms with Crippen molar-refractivity contribution in [3.05, 3.63) is 34.9 Å². The Balaban J connectivity index is 1.61. The summed E-state index contributed by atoms with van der Waals surface area (Å²) >= 11 is 0. The Morgan fingerprint density at radius 2 is 1.42 bits per heavy atom. The van der Waals surface area contributed by atoms with Crippen molar-refractivity contribution < 1.29 is 45.5 Å². The molecule has 2 saturated heterocycles. The number of nitrogens with zero attached hydrogens (tertiary/aromatic N) is 2. The number of hydrogen-bond donors (Lipinski definition) is 0. The van der Waals surface area contributed by atoms with Gasteiger partial charge in [-0.3, -0.25) is 14.4 Å².